The average molecular weight is 391 g/mol. The van der Waals surface area contributed by atoms with Crippen molar-refractivity contribution in [2.24, 2.45) is 0 Å². The lowest BCUT2D eigenvalue weighted by atomic mass is 10.0. The molecule has 1 N–H and O–H groups in total. The summed E-state index contributed by atoms with van der Waals surface area (Å²) >= 11 is 13.5. The molecule has 2 aromatic carbocycles. The molecule has 25 heavy (non-hydrogen) atoms. The highest BCUT2D eigenvalue weighted by Crippen LogP contribution is 2.32. The lowest BCUT2D eigenvalue weighted by molar-refractivity contribution is 0.102. The van der Waals surface area contributed by atoms with Crippen LogP contribution in [0.4, 0.5) is 5.13 Å². The first-order valence-electron chi connectivity index (χ1n) is 7.76. The second-order valence-corrected chi connectivity index (χ2v) is 7.59. The molecule has 3 nitrogen and oxygen atoms in total. The number of halogens is 2. The maximum atomic E-state index is 12.4. The number of amides is 1. The van der Waals surface area contributed by atoms with E-state index in [1.165, 1.54) is 16.9 Å². The predicted molar refractivity (Wildman–Crippen MR) is 106 cm³/mol. The molecule has 0 aliphatic rings. The number of benzene rings is 2. The topological polar surface area (TPSA) is 42.0 Å². The largest absolute Gasteiger partial charge is 0.298 e. The van der Waals surface area contributed by atoms with Gasteiger partial charge in [0.25, 0.3) is 5.91 Å². The van der Waals surface area contributed by atoms with Crippen molar-refractivity contribution < 1.29 is 4.79 Å². The van der Waals surface area contributed by atoms with Gasteiger partial charge in [-0.2, -0.15) is 0 Å². The van der Waals surface area contributed by atoms with Crippen molar-refractivity contribution in [3.05, 3.63) is 69.0 Å². The summed E-state index contributed by atoms with van der Waals surface area (Å²) in [7, 11) is 0. The molecule has 0 unspecified atom stereocenters. The fraction of sp³-hybridized carbons (Fsp3) is 0.158. The van der Waals surface area contributed by atoms with Crippen LogP contribution in [0.15, 0.2) is 47.8 Å². The number of carbonyl (C=O) groups excluding carboxylic acids is 1. The summed E-state index contributed by atoms with van der Waals surface area (Å²) in [6.45, 7) is 4.24. The number of carbonyl (C=O) groups is 1. The molecule has 0 spiro atoms. The Morgan fingerprint density at radius 1 is 1.12 bits per heavy atom. The summed E-state index contributed by atoms with van der Waals surface area (Å²) in [5.41, 5.74) is 3.29. The Labute approximate surface area is 160 Å². The van der Waals surface area contributed by atoms with Gasteiger partial charge in [-0.1, -0.05) is 49.2 Å². The monoisotopic (exact) mass is 390 g/mol. The van der Waals surface area contributed by atoms with E-state index in [4.69, 9.17) is 23.2 Å². The normalized spacial score (nSPS) is 10.9. The van der Waals surface area contributed by atoms with Gasteiger partial charge < -0.3 is 0 Å². The highest BCUT2D eigenvalue weighted by molar-refractivity contribution is 7.14. The van der Waals surface area contributed by atoms with Gasteiger partial charge >= 0.3 is 0 Å². The SMILES string of the molecule is CC(C)c1ccc(C(=O)Nc2nc(-c3ccc(Cl)cc3Cl)cs2)cc1. The van der Waals surface area contributed by atoms with Crippen molar-refractivity contribution in [1.29, 1.82) is 0 Å². The van der Waals surface area contributed by atoms with Crippen LogP contribution < -0.4 is 5.32 Å². The van der Waals surface area contributed by atoms with Crippen LogP contribution in [0, 0.1) is 0 Å². The minimum absolute atomic E-state index is 0.182. The van der Waals surface area contributed by atoms with Crippen LogP contribution in [0.5, 0.6) is 0 Å². The van der Waals surface area contributed by atoms with Gasteiger partial charge in [-0.25, -0.2) is 4.98 Å². The minimum atomic E-state index is -0.182. The number of hydrogen-bond donors (Lipinski definition) is 1. The summed E-state index contributed by atoms with van der Waals surface area (Å²) in [5, 5.41) is 6.31. The van der Waals surface area contributed by atoms with Crippen molar-refractivity contribution in [2.45, 2.75) is 19.8 Å². The lowest BCUT2D eigenvalue weighted by Crippen LogP contribution is -2.11. The van der Waals surface area contributed by atoms with E-state index in [0.29, 0.717) is 32.4 Å². The Balaban J connectivity index is 1.75. The van der Waals surface area contributed by atoms with Crippen LogP contribution in [0.1, 0.15) is 35.7 Å². The third-order valence-electron chi connectivity index (χ3n) is 3.77. The molecule has 0 atom stereocenters. The van der Waals surface area contributed by atoms with E-state index >= 15 is 0 Å². The molecular weight excluding hydrogens is 375 g/mol. The second-order valence-electron chi connectivity index (χ2n) is 5.89. The minimum Gasteiger partial charge on any atom is -0.298 e. The van der Waals surface area contributed by atoms with E-state index in [9.17, 15) is 4.79 Å². The van der Waals surface area contributed by atoms with Crippen LogP contribution in [0.2, 0.25) is 10.0 Å². The molecule has 0 saturated heterocycles. The van der Waals surface area contributed by atoms with Crippen LogP contribution >= 0.6 is 34.5 Å². The van der Waals surface area contributed by atoms with Crippen molar-refractivity contribution in [3.8, 4) is 11.3 Å². The maximum absolute atomic E-state index is 12.4. The number of nitrogens with one attached hydrogen (secondary N) is 1. The van der Waals surface area contributed by atoms with E-state index in [1.807, 2.05) is 35.7 Å². The quantitative estimate of drug-likeness (QED) is 0.552. The molecule has 0 saturated carbocycles. The van der Waals surface area contributed by atoms with Crippen LogP contribution in [-0.2, 0) is 0 Å². The molecule has 0 aliphatic carbocycles. The average Bonchev–Trinajstić information content (AvgIpc) is 3.03. The Hall–Kier alpha value is -1.88. The summed E-state index contributed by atoms with van der Waals surface area (Å²) in [6, 6.07) is 12.9. The lowest BCUT2D eigenvalue weighted by Gasteiger charge is -2.06. The van der Waals surface area contributed by atoms with Crippen LogP contribution in [0.25, 0.3) is 11.3 Å². The van der Waals surface area contributed by atoms with Gasteiger partial charge in [0.1, 0.15) is 0 Å². The van der Waals surface area contributed by atoms with Gasteiger partial charge in [0.05, 0.1) is 10.7 Å². The van der Waals surface area contributed by atoms with Crippen molar-refractivity contribution in [1.82, 2.24) is 4.98 Å². The summed E-state index contributed by atoms with van der Waals surface area (Å²) in [4.78, 5) is 16.8. The van der Waals surface area contributed by atoms with Gasteiger partial charge in [0.15, 0.2) is 5.13 Å². The highest BCUT2D eigenvalue weighted by Gasteiger charge is 2.12. The molecule has 3 rings (SSSR count). The number of hydrogen-bond acceptors (Lipinski definition) is 3. The predicted octanol–water partition coefficient (Wildman–Crippen LogP) is 6.49. The van der Waals surface area contributed by atoms with E-state index < -0.39 is 0 Å². The summed E-state index contributed by atoms with van der Waals surface area (Å²) < 4.78 is 0. The molecule has 1 amide bonds. The van der Waals surface area contributed by atoms with Gasteiger partial charge in [-0.05, 0) is 41.8 Å². The number of nitrogens with zero attached hydrogens (tertiary/aromatic N) is 1. The van der Waals surface area contributed by atoms with Gasteiger partial charge in [-0.3, -0.25) is 10.1 Å². The zero-order valence-corrected chi connectivity index (χ0v) is 16.0. The highest BCUT2D eigenvalue weighted by atomic mass is 35.5. The summed E-state index contributed by atoms with van der Waals surface area (Å²) in [6.07, 6.45) is 0. The maximum Gasteiger partial charge on any atom is 0.257 e. The third kappa shape index (κ3) is 4.21. The Kier molecular flexibility index (Phi) is 5.42. The first-order chi connectivity index (χ1) is 11.9. The van der Waals surface area contributed by atoms with E-state index in [-0.39, 0.29) is 5.91 Å². The Bertz CT molecular complexity index is 904. The van der Waals surface area contributed by atoms with E-state index in [2.05, 4.69) is 24.1 Å². The number of aromatic nitrogens is 1. The molecule has 1 heterocycles. The Morgan fingerprint density at radius 3 is 2.48 bits per heavy atom. The van der Waals surface area contributed by atoms with Gasteiger partial charge in [0, 0.05) is 21.5 Å². The number of rotatable bonds is 4. The van der Waals surface area contributed by atoms with Crippen LogP contribution in [-0.4, -0.2) is 10.9 Å². The zero-order chi connectivity index (χ0) is 18.0. The fourth-order valence-corrected chi connectivity index (χ4v) is 3.55. The molecule has 3 aromatic rings. The molecule has 128 valence electrons. The molecule has 1 aromatic heterocycles. The van der Waals surface area contributed by atoms with Crippen LogP contribution in [0.3, 0.4) is 0 Å². The first kappa shape index (κ1) is 17.9. The zero-order valence-electron chi connectivity index (χ0n) is 13.7. The third-order valence-corrected chi connectivity index (χ3v) is 5.08. The molecule has 0 fully saturated rings. The standard InChI is InChI=1S/C19H16Cl2N2OS/c1-11(2)12-3-5-13(6-4-12)18(24)23-19-22-17(10-25-19)15-8-7-14(20)9-16(15)21/h3-11H,1-2H3,(H,22,23,24). The molecular formula is C19H16Cl2N2OS. The molecule has 0 aliphatic heterocycles. The molecule has 0 radical (unpaired) electrons. The van der Waals surface area contributed by atoms with Gasteiger partial charge in [-0.15, -0.1) is 11.3 Å². The van der Waals surface area contributed by atoms with Crippen molar-refractivity contribution in [2.75, 3.05) is 5.32 Å². The smallest absolute Gasteiger partial charge is 0.257 e. The molecule has 0 bridgehead atoms. The van der Waals surface area contributed by atoms with Crippen molar-refractivity contribution >= 4 is 45.6 Å². The first-order valence-corrected chi connectivity index (χ1v) is 9.40. The number of thiazole rings is 1. The second kappa shape index (κ2) is 7.56. The van der Waals surface area contributed by atoms with E-state index in [0.717, 1.165) is 5.56 Å². The van der Waals surface area contributed by atoms with E-state index in [1.54, 1.807) is 12.1 Å². The number of anilines is 1. The summed E-state index contributed by atoms with van der Waals surface area (Å²) in [5.74, 6) is 0.251. The van der Waals surface area contributed by atoms with Crippen molar-refractivity contribution in [3.63, 3.8) is 0 Å². The van der Waals surface area contributed by atoms with Gasteiger partial charge in [0.2, 0.25) is 0 Å². The molecule has 6 heteroatoms. The fourth-order valence-electron chi connectivity index (χ4n) is 2.34. The Morgan fingerprint density at radius 2 is 1.84 bits per heavy atom.